The van der Waals surface area contributed by atoms with Crippen LogP contribution in [-0.2, 0) is 16.8 Å². The molecule has 5 heteroatoms. The number of aromatic nitrogens is 1. The number of rotatable bonds is 2. The summed E-state index contributed by atoms with van der Waals surface area (Å²) in [6.45, 7) is 0. The molecule has 0 aliphatic carbocycles. The van der Waals surface area contributed by atoms with Crippen LogP contribution >= 0.6 is 0 Å². The lowest BCUT2D eigenvalue weighted by molar-refractivity contribution is 0.536. The molecule has 0 aliphatic heterocycles. The number of fused-ring (bicyclic) bond motifs is 1. The van der Waals surface area contributed by atoms with Crippen LogP contribution in [0.3, 0.4) is 0 Å². The highest BCUT2D eigenvalue weighted by molar-refractivity contribution is 7.78. The third-order valence-corrected chi connectivity index (χ3v) is 2.25. The Morgan fingerprint density at radius 2 is 2.38 bits per heavy atom. The quantitative estimate of drug-likeness (QED) is 0.677. The second-order valence-corrected chi connectivity index (χ2v) is 3.50. The van der Waals surface area contributed by atoms with Gasteiger partial charge in [-0.25, -0.2) is 4.98 Å². The summed E-state index contributed by atoms with van der Waals surface area (Å²) in [6.07, 6.45) is 1.34. The average molecular weight is 196 g/mol. The van der Waals surface area contributed by atoms with Crippen molar-refractivity contribution in [3.8, 4) is 0 Å². The van der Waals surface area contributed by atoms with E-state index in [1.54, 1.807) is 18.2 Å². The molecule has 1 aromatic carbocycles. The van der Waals surface area contributed by atoms with Crippen molar-refractivity contribution in [2.24, 2.45) is 0 Å². The number of hydrogen-bond acceptors (Lipinski definition) is 4. The maximum Gasteiger partial charge on any atom is 0.181 e. The molecule has 0 spiro atoms. The molecule has 1 heterocycles. The number of benzene rings is 1. The molecule has 68 valence electrons. The first kappa shape index (κ1) is 8.40. The predicted octanol–water partition coefficient (Wildman–Crippen LogP) is 1.21. The predicted molar refractivity (Wildman–Crippen MR) is 46.6 cm³/mol. The molecule has 1 atom stereocenters. The number of hydrogen-bond donors (Lipinski definition) is 0. The Morgan fingerprint density at radius 1 is 1.54 bits per heavy atom. The Labute approximate surface area is 76.9 Å². The van der Waals surface area contributed by atoms with E-state index in [4.69, 9.17) is 4.42 Å². The summed E-state index contributed by atoms with van der Waals surface area (Å²) in [5.41, 5.74) is 2.06. The van der Waals surface area contributed by atoms with Crippen molar-refractivity contribution >= 4 is 22.2 Å². The molecule has 0 fully saturated rings. The lowest BCUT2D eigenvalue weighted by Gasteiger charge is -2.03. The average Bonchev–Trinajstić information content (AvgIpc) is 2.49. The van der Waals surface area contributed by atoms with Crippen molar-refractivity contribution in [2.75, 3.05) is 0 Å². The summed E-state index contributed by atoms with van der Waals surface area (Å²) in [7, 11) is 0. The molecule has 2 aromatic rings. The van der Waals surface area contributed by atoms with E-state index in [1.165, 1.54) is 6.39 Å². The zero-order valence-electron chi connectivity index (χ0n) is 6.60. The van der Waals surface area contributed by atoms with Crippen molar-refractivity contribution in [2.45, 2.75) is 5.75 Å². The molecular weight excluding hydrogens is 190 g/mol. The maximum atomic E-state index is 10.4. The lowest BCUT2D eigenvalue weighted by Crippen LogP contribution is -1.92. The minimum absolute atomic E-state index is 0.0106. The minimum atomic E-state index is -2.06. The summed E-state index contributed by atoms with van der Waals surface area (Å²) in [5.74, 6) is 0.0106. The van der Waals surface area contributed by atoms with Gasteiger partial charge in [-0.2, -0.15) is 0 Å². The summed E-state index contributed by atoms with van der Waals surface area (Å²) in [6, 6.07) is 5.14. The molecule has 0 saturated carbocycles. The van der Waals surface area contributed by atoms with E-state index < -0.39 is 11.1 Å². The van der Waals surface area contributed by atoms with E-state index in [-0.39, 0.29) is 5.75 Å². The monoisotopic (exact) mass is 196 g/mol. The van der Waals surface area contributed by atoms with Gasteiger partial charge < -0.3 is 8.97 Å². The van der Waals surface area contributed by atoms with Crippen molar-refractivity contribution in [1.29, 1.82) is 0 Å². The fourth-order valence-corrected chi connectivity index (χ4v) is 1.58. The van der Waals surface area contributed by atoms with Crippen LogP contribution in [0.15, 0.2) is 29.0 Å². The highest BCUT2D eigenvalue weighted by Gasteiger charge is 1.99. The Kier molecular flexibility index (Phi) is 2.12. The van der Waals surface area contributed by atoms with Crippen LogP contribution < -0.4 is 0 Å². The van der Waals surface area contributed by atoms with E-state index in [1.807, 2.05) is 0 Å². The molecule has 1 unspecified atom stereocenters. The van der Waals surface area contributed by atoms with Gasteiger partial charge in [-0.1, -0.05) is 17.1 Å². The van der Waals surface area contributed by atoms with Gasteiger partial charge in [0.15, 0.2) is 12.0 Å². The van der Waals surface area contributed by atoms with Gasteiger partial charge in [0.1, 0.15) is 5.52 Å². The van der Waals surface area contributed by atoms with Crippen molar-refractivity contribution in [3.63, 3.8) is 0 Å². The number of oxazole rings is 1. The van der Waals surface area contributed by atoms with Gasteiger partial charge in [0.25, 0.3) is 0 Å². The van der Waals surface area contributed by atoms with Crippen LogP contribution in [0, 0.1) is 0 Å². The van der Waals surface area contributed by atoms with Gasteiger partial charge in [0, 0.05) is 5.75 Å². The minimum Gasteiger partial charge on any atom is -0.772 e. The standard InChI is InChI=1S/C8H7NO3S/c10-13(11)4-6-1-2-7-8(3-6)12-5-9-7/h1-3,5H,4H2,(H,10,11)/p-1. The second-order valence-electron chi connectivity index (χ2n) is 2.60. The maximum absolute atomic E-state index is 10.4. The fraction of sp³-hybridized carbons (Fsp3) is 0.125. The van der Waals surface area contributed by atoms with Crippen LogP contribution in [0.1, 0.15) is 5.56 Å². The second kappa shape index (κ2) is 3.27. The largest absolute Gasteiger partial charge is 0.772 e. The topological polar surface area (TPSA) is 66.2 Å². The Bertz CT molecular complexity index is 451. The zero-order chi connectivity index (χ0) is 9.26. The zero-order valence-corrected chi connectivity index (χ0v) is 7.41. The molecule has 0 N–H and O–H groups in total. The lowest BCUT2D eigenvalue weighted by atomic mass is 10.2. The van der Waals surface area contributed by atoms with E-state index in [0.29, 0.717) is 11.1 Å². The van der Waals surface area contributed by atoms with Crippen LogP contribution in [0.25, 0.3) is 11.1 Å². The first-order valence-corrected chi connectivity index (χ1v) is 4.88. The van der Waals surface area contributed by atoms with Crippen LogP contribution in [-0.4, -0.2) is 13.7 Å². The third kappa shape index (κ3) is 1.76. The molecule has 2 rings (SSSR count). The van der Waals surface area contributed by atoms with Crippen molar-refractivity contribution in [1.82, 2.24) is 4.98 Å². The smallest absolute Gasteiger partial charge is 0.181 e. The van der Waals surface area contributed by atoms with Gasteiger partial charge in [-0.15, -0.1) is 0 Å². The van der Waals surface area contributed by atoms with Gasteiger partial charge in [0.2, 0.25) is 0 Å². The molecule has 0 saturated heterocycles. The van der Waals surface area contributed by atoms with Crippen molar-refractivity contribution < 1.29 is 13.2 Å². The fourth-order valence-electron chi connectivity index (χ4n) is 1.13. The molecule has 0 radical (unpaired) electrons. The summed E-state index contributed by atoms with van der Waals surface area (Å²) < 4.78 is 25.8. The highest BCUT2D eigenvalue weighted by atomic mass is 32.2. The van der Waals surface area contributed by atoms with Gasteiger partial charge in [-0.05, 0) is 17.7 Å². The molecular formula is C8H6NO3S-. The van der Waals surface area contributed by atoms with Crippen LogP contribution in [0.4, 0.5) is 0 Å². The van der Waals surface area contributed by atoms with Gasteiger partial charge in [0.05, 0.1) is 0 Å². The first-order valence-electron chi connectivity index (χ1n) is 3.64. The van der Waals surface area contributed by atoms with Crippen molar-refractivity contribution in [3.05, 3.63) is 30.2 Å². The Balaban J connectivity index is 2.42. The molecule has 0 amide bonds. The van der Waals surface area contributed by atoms with E-state index in [0.717, 1.165) is 5.52 Å². The molecule has 4 nitrogen and oxygen atoms in total. The van der Waals surface area contributed by atoms with E-state index in [9.17, 15) is 8.76 Å². The van der Waals surface area contributed by atoms with Gasteiger partial charge in [-0.3, -0.25) is 4.21 Å². The van der Waals surface area contributed by atoms with E-state index in [2.05, 4.69) is 4.98 Å². The highest BCUT2D eigenvalue weighted by Crippen LogP contribution is 2.14. The third-order valence-electron chi connectivity index (χ3n) is 1.68. The van der Waals surface area contributed by atoms with Crippen LogP contribution in [0.2, 0.25) is 0 Å². The normalized spacial score (nSPS) is 13.3. The molecule has 13 heavy (non-hydrogen) atoms. The first-order chi connectivity index (χ1) is 6.25. The Hall–Kier alpha value is -1.20. The molecule has 0 aliphatic rings. The summed E-state index contributed by atoms with van der Waals surface area (Å²) >= 11 is -2.06. The molecule has 1 aromatic heterocycles. The molecule has 0 bridgehead atoms. The van der Waals surface area contributed by atoms with Crippen LogP contribution in [0.5, 0.6) is 0 Å². The summed E-state index contributed by atoms with van der Waals surface area (Å²) in [5, 5.41) is 0. The number of nitrogens with zero attached hydrogens (tertiary/aromatic N) is 1. The Morgan fingerprint density at radius 3 is 3.15 bits per heavy atom. The van der Waals surface area contributed by atoms with E-state index >= 15 is 0 Å². The SMILES string of the molecule is O=S([O-])Cc1ccc2ncoc2c1. The summed E-state index contributed by atoms with van der Waals surface area (Å²) in [4.78, 5) is 3.92. The van der Waals surface area contributed by atoms with Gasteiger partial charge >= 0.3 is 0 Å².